The first-order valence-corrected chi connectivity index (χ1v) is 6.51. The highest BCUT2D eigenvalue weighted by atomic mass is 35.5. The molecule has 0 amide bonds. The average molecular weight is 304 g/mol. The lowest BCUT2D eigenvalue weighted by molar-refractivity contribution is -0.383. The molecule has 0 saturated carbocycles. The summed E-state index contributed by atoms with van der Waals surface area (Å²) in [6.45, 7) is 3.63. The third-order valence-electron chi connectivity index (χ3n) is 2.46. The van der Waals surface area contributed by atoms with E-state index in [-0.39, 0.29) is 29.5 Å². The fourth-order valence-electron chi connectivity index (χ4n) is 1.51. The summed E-state index contributed by atoms with van der Waals surface area (Å²) < 4.78 is 0. The van der Waals surface area contributed by atoms with Crippen LogP contribution in [0.15, 0.2) is 12.1 Å². The minimum atomic E-state index is -0.640. The maximum atomic E-state index is 11.0. The Morgan fingerprint density at radius 1 is 1.20 bits per heavy atom. The Morgan fingerprint density at radius 3 is 2.15 bits per heavy atom. The first-order chi connectivity index (χ1) is 9.31. The molecular weight excluding hydrogens is 286 g/mol. The lowest BCUT2D eigenvalue weighted by Crippen LogP contribution is -2.17. The second-order valence-electron chi connectivity index (χ2n) is 4.57. The van der Waals surface area contributed by atoms with Gasteiger partial charge in [-0.2, -0.15) is 0 Å². The first-order valence-electron chi connectivity index (χ1n) is 6.13. The maximum absolute atomic E-state index is 11.0. The molecule has 8 heteroatoms. The van der Waals surface area contributed by atoms with Crippen molar-refractivity contribution >= 4 is 28.7 Å². The molecule has 0 radical (unpaired) electrons. The SMILES string of the molecule is CC(O)CNc1cc(NCC(C)O)c([N+](=O)[O-])cc1Cl. The van der Waals surface area contributed by atoms with Crippen molar-refractivity contribution in [2.75, 3.05) is 23.7 Å². The number of nitro benzene ring substituents is 1. The summed E-state index contributed by atoms with van der Waals surface area (Å²) in [4.78, 5) is 10.4. The molecule has 112 valence electrons. The molecule has 2 unspecified atom stereocenters. The summed E-state index contributed by atoms with van der Waals surface area (Å²) in [6.07, 6.45) is -1.21. The van der Waals surface area contributed by atoms with Gasteiger partial charge in [-0.15, -0.1) is 0 Å². The number of nitro groups is 1. The van der Waals surface area contributed by atoms with Gasteiger partial charge in [0.15, 0.2) is 0 Å². The maximum Gasteiger partial charge on any atom is 0.293 e. The summed E-state index contributed by atoms with van der Waals surface area (Å²) in [5.41, 5.74) is 0.567. The molecule has 0 fully saturated rings. The highest BCUT2D eigenvalue weighted by molar-refractivity contribution is 6.33. The summed E-state index contributed by atoms with van der Waals surface area (Å²) >= 11 is 5.97. The molecule has 0 aliphatic heterocycles. The van der Waals surface area contributed by atoms with Crippen LogP contribution >= 0.6 is 11.6 Å². The second-order valence-corrected chi connectivity index (χ2v) is 4.97. The zero-order chi connectivity index (χ0) is 15.3. The van der Waals surface area contributed by atoms with Gasteiger partial charge in [-0.25, -0.2) is 0 Å². The van der Waals surface area contributed by atoms with E-state index in [1.165, 1.54) is 12.1 Å². The molecule has 1 aromatic carbocycles. The van der Waals surface area contributed by atoms with Crippen molar-refractivity contribution in [3.05, 3.63) is 27.3 Å². The Balaban J connectivity index is 3.03. The van der Waals surface area contributed by atoms with Crippen LogP contribution in [0.4, 0.5) is 17.1 Å². The summed E-state index contributed by atoms with van der Waals surface area (Å²) in [5, 5.41) is 35.3. The predicted octanol–water partition coefficient (Wildman–Crippen LogP) is 1.83. The number of nitrogens with one attached hydrogen (secondary N) is 2. The summed E-state index contributed by atoms with van der Waals surface area (Å²) in [5.74, 6) is 0. The van der Waals surface area contributed by atoms with Crippen LogP contribution in [-0.4, -0.2) is 40.4 Å². The van der Waals surface area contributed by atoms with Gasteiger partial charge in [0.2, 0.25) is 0 Å². The molecule has 1 aromatic rings. The lowest BCUT2D eigenvalue weighted by Gasteiger charge is -2.14. The normalized spacial score (nSPS) is 13.7. The van der Waals surface area contributed by atoms with Gasteiger partial charge in [0.25, 0.3) is 5.69 Å². The predicted molar refractivity (Wildman–Crippen MR) is 78.4 cm³/mol. The first kappa shape index (κ1) is 16.5. The standard InChI is InChI=1S/C12H18ClN3O4/c1-7(17)5-14-10-4-11(15-6-8(2)18)12(16(19)20)3-9(10)13/h3-4,7-8,14-15,17-18H,5-6H2,1-2H3. The van der Waals surface area contributed by atoms with E-state index in [9.17, 15) is 20.3 Å². The molecule has 0 saturated heterocycles. The molecule has 0 spiro atoms. The van der Waals surface area contributed by atoms with Crippen LogP contribution in [0.2, 0.25) is 5.02 Å². The minimum Gasteiger partial charge on any atom is -0.392 e. The van der Waals surface area contributed by atoms with Crippen LogP contribution in [0, 0.1) is 10.1 Å². The van der Waals surface area contributed by atoms with E-state index in [1.54, 1.807) is 13.8 Å². The molecule has 20 heavy (non-hydrogen) atoms. The van der Waals surface area contributed by atoms with Crippen molar-refractivity contribution < 1.29 is 15.1 Å². The third-order valence-corrected chi connectivity index (χ3v) is 2.77. The van der Waals surface area contributed by atoms with Gasteiger partial charge in [-0.1, -0.05) is 11.6 Å². The van der Waals surface area contributed by atoms with Crippen molar-refractivity contribution in [3.63, 3.8) is 0 Å². The van der Waals surface area contributed by atoms with Crippen LogP contribution in [0.3, 0.4) is 0 Å². The van der Waals surface area contributed by atoms with E-state index in [4.69, 9.17) is 11.6 Å². The van der Waals surface area contributed by atoms with E-state index in [1.807, 2.05) is 0 Å². The van der Waals surface area contributed by atoms with Crippen LogP contribution < -0.4 is 10.6 Å². The number of hydrogen-bond donors (Lipinski definition) is 4. The largest absolute Gasteiger partial charge is 0.392 e. The zero-order valence-electron chi connectivity index (χ0n) is 11.3. The van der Waals surface area contributed by atoms with E-state index in [0.717, 1.165) is 0 Å². The van der Waals surface area contributed by atoms with Gasteiger partial charge < -0.3 is 20.8 Å². The third kappa shape index (κ3) is 4.84. The van der Waals surface area contributed by atoms with Crippen molar-refractivity contribution in [1.82, 2.24) is 0 Å². The van der Waals surface area contributed by atoms with Crippen molar-refractivity contribution in [2.24, 2.45) is 0 Å². The highest BCUT2D eigenvalue weighted by Crippen LogP contribution is 2.34. The molecule has 4 N–H and O–H groups in total. The number of aliphatic hydroxyl groups is 2. The fourth-order valence-corrected chi connectivity index (χ4v) is 1.73. The Bertz CT molecular complexity index is 480. The summed E-state index contributed by atoms with van der Waals surface area (Å²) in [6, 6.07) is 2.72. The fraction of sp³-hybridized carbons (Fsp3) is 0.500. The minimum absolute atomic E-state index is 0.168. The molecule has 0 aliphatic rings. The topological polar surface area (TPSA) is 108 Å². The van der Waals surface area contributed by atoms with Gasteiger partial charge in [-0.05, 0) is 19.9 Å². The van der Waals surface area contributed by atoms with Crippen molar-refractivity contribution in [2.45, 2.75) is 26.1 Å². The number of rotatable bonds is 7. The number of aliphatic hydroxyl groups excluding tert-OH is 2. The molecule has 7 nitrogen and oxygen atoms in total. The molecule has 0 bridgehead atoms. The second kappa shape index (κ2) is 7.28. The van der Waals surface area contributed by atoms with E-state index < -0.39 is 17.1 Å². The van der Waals surface area contributed by atoms with E-state index in [2.05, 4.69) is 10.6 Å². The van der Waals surface area contributed by atoms with Crippen molar-refractivity contribution in [1.29, 1.82) is 0 Å². The summed E-state index contributed by atoms with van der Waals surface area (Å²) in [7, 11) is 0. The number of benzene rings is 1. The van der Waals surface area contributed by atoms with E-state index in [0.29, 0.717) is 5.69 Å². The van der Waals surface area contributed by atoms with Gasteiger partial charge in [0.1, 0.15) is 5.69 Å². The molecular formula is C12H18ClN3O4. The number of nitrogens with zero attached hydrogens (tertiary/aromatic N) is 1. The zero-order valence-corrected chi connectivity index (χ0v) is 12.0. The average Bonchev–Trinajstić information content (AvgIpc) is 2.34. The van der Waals surface area contributed by atoms with E-state index >= 15 is 0 Å². The number of hydrogen-bond acceptors (Lipinski definition) is 6. The Labute approximate surface area is 121 Å². The van der Waals surface area contributed by atoms with Gasteiger partial charge in [-0.3, -0.25) is 10.1 Å². The van der Waals surface area contributed by atoms with Crippen molar-refractivity contribution in [3.8, 4) is 0 Å². The van der Waals surface area contributed by atoms with Crippen LogP contribution in [0.5, 0.6) is 0 Å². The quantitative estimate of drug-likeness (QED) is 0.452. The molecule has 0 heterocycles. The molecule has 2 atom stereocenters. The Kier molecular flexibility index (Phi) is 6.00. The molecule has 1 rings (SSSR count). The lowest BCUT2D eigenvalue weighted by atomic mass is 10.2. The number of halogens is 1. The van der Waals surface area contributed by atoms with Gasteiger partial charge in [0.05, 0.1) is 27.8 Å². The molecule has 0 aromatic heterocycles. The van der Waals surface area contributed by atoms with Crippen LogP contribution in [0.1, 0.15) is 13.8 Å². The van der Waals surface area contributed by atoms with Crippen LogP contribution in [-0.2, 0) is 0 Å². The monoisotopic (exact) mass is 303 g/mol. The smallest absolute Gasteiger partial charge is 0.293 e. The molecule has 0 aliphatic carbocycles. The van der Waals surface area contributed by atoms with Crippen LogP contribution in [0.25, 0.3) is 0 Å². The Hall–Kier alpha value is -1.57. The highest BCUT2D eigenvalue weighted by Gasteiger charge is 2.18. The van der Waals surface area contributed by atoms with Gasteiger partial charge in [0, 0.05) is 19.2 Å². The number of anilines is 2. The van der Waals surface area contributed by atoms with Gasteiger partial charge >= 0.3 is 0 Å². The Morgan fingerprint density at radius 2 is 1.70 bits per heavy atom.